The summed E-state index contributed by atoms with van der Waals surface area (Å²) >= 11 is 13.1. The number of thiocarbonyl (C=S) groups is 1. The van der Waals surface area contributed by atoms with E-state index in [1.807, 2.05) is 0 Å². The second-order valence-electron chi connectivity index (χ2n) is 7.38. The number of hydrogen-bond acceptors (Lipinski definition) is 5. The summed E-state index contributed by atoms with van der Waals surface area (Å²) in [6.07, 6.45) is 7.44. The summed E-state index contributed by atoms with van der Waals surface area (Å²) in [6, 6.07) is 4.28. The number of nitrogens with zero attached hydrogens (tertiary/aromatic N) is 2. The number of esters is 1. The van der Waals surface area contributed by atoms with Crippen molar-refractivity contribution < 1.29 is 13.9 Å². The number of halogens is 2. The molecule has 0 spiro atoms. The van der Waals surface area contributed by atoms with E-state index in [0.29, 0.717) is 39.5 Å². The molecule has 0 radical (unpaired) electrons. The van der Waals surface area contributed by atoms with Crippen LogP contribution in [0.5, 0.6) is 0 Å². The first kappa shape index (κ1) is 22.7. The standard InChI is InChI=1S/C22H22ClFN4O2S2/c1-2-30-21(29)19-16-5-3-4-6-18(16)32-20(19)27-22(31)26-15-10-25-28(12-15)11-13-7-8-14(24)9-17(13)23/h7-10,12H,2-6,11H2,1H3,(H2,26,27,31). The Morgan fingerprint density at radius 1 is 1.34 bits per heavy atom. The predicted octanol–water partition coefficient (Wildman–Crippen LogP) is 5.65. The third-order valence-corrected chi connectivity index (χ3v) is 6.88. The normalized spacial score (nSPS) is 12.8. The molecule has 0 amide bonds. The van der Waals surface area contributed by atoms with Gasteiger partial charge in [-0.25, -0.2) is 9.18 Å². The quantitative estimate of drug-likeness (QED) is 0.342. The van der Waals surface area contributed by atoms with Gasteiger partial charge in [-0.05, 0) is 68.1 Å². The summed E-state index contributed by atoms with van der Waals surface area (Å²) in [5.74, 6) is -0.698. The number of aryl methyl sites for hydroxylation is 1. The third-order valence-electron chi connectivity index (χ3n) is 5.12. The number of carbonyl (C=O) groups excluding carboxylic acids is 1. The highest BCUT2D eigenvalue weighted by molar-refractivity contribution is 7.80. The molecule has 0 saturated carbocycles. The minimum Gasteiger partial charge on any atom is -0.462 e. The minimum absolute atomic E-state index is 0.318. The molecule has 0 aliphatic heterocycles. The predicted molar refractivity (Wildman–Crippen MR) is 129 cm³/mol. The van der Waals surface area contributed by atoms with Gasteiger partial charge in [0.2, 0.25) is 0 Å². The second-order valence-corrected chi connectivity index (χ2v) is 9.30. The maximum absolute atomic E-state index is 13.2. The van der Waals surface area contributed by atoms with Crippen LogP contribution in [0.2, 0.25) is 5.02 Å². The average Bonchev–Trinajstić information content (AvgIpc) is 3.33. The third kappa shape index (κ3) is 5.11. The van der Waals surface area contributed by atoms with Gasteiger partial charge in [0.15, 0.2) is 5.11 Å². The van der Waals surface area contributed by atoms with E-state index in [1.165, 1.54) is 17.0 Å². The molecule has 10 heteroatoms. The SMILES string of the molecule is CCOC(=O)c1c(NC(=S)Nc2cnn(Cc3ccc(F)cc3Cl)c2)sc2c1CCCC2. The minimum atomic E-state index is -0.379. The maximum Gasteiger partial charge on any atom is 0.341 e. The lowest BCUT2D eigenvalue weighted by Gasteiger charge is -2.13. The molecule has 2 heterocycles. The van der Waals surface area contributed by atoms with E-state index in [2.05, 4.69) is 15.7 Å². The van der Waals surface area contributed by atoms with Crippen LogP contribution in [0.1, 0.15) is 46.1 Å². The number of rotatable bonds is 6. The molecule has 0 fully saturated rings. The Morgan fingerprint density at radius 3 is 2.94 bits per heavy atom. The van der Waals surface area contributed by atoms with Crippen LogP contribution in [0.15, 0.2) is 30.6 Å². The lowest BCUT2D eigenvalue weighted by Crippen LogP contribution is -2.20. The van der Waals surface area contributed by atoms with Crippen molar-refractivity contribution in [2.45, 2.75) is 39.2 Å². The lowest BCUT2D eigenvalue weighted by molar-refractivity contribution is 0.0526. The number of aromatic nitrogens is 2. The number of nitrogens with one attached hydrogen (secondary N) is 2. The van der Waals surface area contributed by atoms with Gasteiger partial charge in [0.25, 0.3) is 0 Å². The van der Waals surface area contributed by atoms with Gasteiger partial charge in [0, 0.05) is 16.1 Å². The van der Waals surface area contributed by atoms with Crippen LogP contribution >= 0.6 is 35.2 Å². The highest BCUT2D eigenvalue weighted by Crippen LogP contribution is 2.38. The number of carbonyl (C=O) groups is 1. The molecular weight excluding hydrogens is 471 g/mol. The molecule has 0 atom stereocenters. The fourth-order valence-corrected chi connectivity index (χ4v) is 5.47. The summed E-state index contributed by atoms with van der Waals surface area (Å²) in [5, 5.41) is 12.0. The molecule has 32 heavy (non-hydrogen) atoms. The van der Waals surface area contributed by atoms with Gasteiger partial charge in [0.05, 0.1) is 30.6 Å². The Bertz CT molecular complexity index is 1160. The van der Waals surface area contributed by atoms with E-state index >= 15 is 0 Å². The van der Waals surface area contributed by atoms with Gasteiger partial charge in [0.1, 0.15) is 10.8 Å². The number of fused-ring (bicyclic) bond motifs is 1. The van der Waals surface area contributed by atoms with Crippen molar-refractivity contribution in [2.24, 2.45) is 0 Å². The highest BCUT2D eigenvalue weighted by atomic mass is 35.5. The van der Waals surface area contributed by atoms with Crippen molar-refractivity contribution in [2.75, 3.05) is 17.2 Å². The van der Waals surface area contributed by atoms with Crippen molar-refractivity contribution in [1.82, 2.24) is 9.78 Å². The van der Waals surface area contributed by atoms with Gasteiger partial charge in [-0.15, -0.1) is 11.3 Å². The Morgan fingerprint density at radius 2 is 2.16 bits per heavy atom. The molecule has 3 aromatic rings. The first-order valence-corrected chi connectivity index (χ1v) is 11.9. The number of hydrogen-bond donors (Lipinski definition) is 2. The topological polar surface area (TPSA) is 68.2 Å². The zero-order valence-corrected chi connectivity index (χ0v) is 19.8. The van der Waals surface area contributed by atoms with E-state index in [4.69, 9.17) is 28.6 Å². The average molecular weight is 493 g/mol. The smallest absolute Gasteiger partial charge is 0.341 e. The van der Waals surface area contributed by atoms with Crippen molar-refractivity contribution in [3.8, 4) is 0 Å². The van der Waals surface area contributed by atoms with Crippen LogP contribution in [0.3, 0.4) is 0 Å². The van der Waals surface area contributed by atoms with E-state index in [1.54, 1.807) is 41.4 Å². The molecule has 0 bridgehead atoms. The number of ether oxygens (including phenoxy) is 1. The molecule has 0 unspecified atom stereocenters. The first-order valence-electron chi connectivity index (χ1n) is 10.3. The Kier molecular flexibility index (Phi) is 7.07. The molecule has 2 aromatic heterocycles. The summed E-state index contributed by atoms with van der Waals surface area (Å²) < 4.78 is 20.2. The van der Waals surface area contributed by atoms with E-state index < -0.39 is 0 Å². The first-order chi connectivity index (χ1) is 15.4. The maximum atomic E-state index is 13.2. The molecule has 168 valence electrons. The number of anilines is 2. The van der Waals surface area contributed by atoms with Gasteiger partial charge < -0.3 is 15.4 Å². The molecule has 4 rings (SSSR count). The Hall–Kier alpha value is -2.49. The van der Waals surface area contributed by atoms with E-state index in [9.17, 15) is 9.18 Å². The molecule has 1 aromatic carbocycles. The van der Waals surface area contributed by atoms with Crippen LogP contribution in [0.25, 0.3) is 0 Å². The molecule has 1 aliphatic rings. The Balaban J connectivity index is 1.45. The monoisotopic (exact) mass is 492 g/mol. The van der Waals surface area contributed by atoms with Crippen LogP contribution in [0, 0.1) is 5.82 Å². The number of benzene rings is 1. The van der Waals surface area contributed by atoms with Crippen LogP contribution in [-0.4, -0.2) is 27.5 Å². The van der Waals surface area contributed by atoms with Gasteiger partial charge in [-0.2, -0.15) is 5.10 Å². The van der Waals surface area contributed by atoms with Crippen LogP contribution in [0.4, 0.5) is 15.1 Å². The van der Waals surface area contributed by atoms with Crippen LogP contribution < -0.4 is 10.6 Å². The van der Waals surface area contributed by atoms with Crippen molar-refractivity contribution in [1.29, 1.82) is 0 Å². The molecule has 1 aliphatic carbocycles. The fourth-order valence-electron chi connectivity index (χ4n) is 3.68. The van der Waals surface area contributed by atoms with Gasteiger partial charge in [-0.1, -0.05) is 17.7 Å². The van der Waals surface area contributed by atoms with Crippen molar-refractivity contribution in [3.05, 3.63) is 63.0 Å². The zero-order chi connectivity index (χ0) is 22.7. The highest BCUT2D eigenvalue weighted by Gasteiger charge is 2.26. The summed E-state index contributed by atoms with van der Waals surface area (Å²) in [6.45, 7) is 2.52. The van der Waals surface area contributed by atoms with E-state index in [0.717, 1.165) is 36.8 Å². The fraction of sp³-hybridized carbons (Fsp3) is 0.318. The molecule has 2 N–H and O–H groups in total. The largest absolute Gasteiger partial charge is 0.462 e. The second kappa shape index (κ2) is 9.97. The number of thiophene rings is 1. The van der Waals surface area contributed by atoms with Crippen molar-refractivity contribution in [3.63, 3.8) is 0 Å². The summed E-state index contributed by atoms with van der Waals surface area (Å²) in [4.78, 5) is 13.8. The summed E-state index contributed by atoms with van der Waals surface area (Å²) in [7, 11) is 0. The Labute approximate surface area is 199 Å². The molecule has 0 saturated heterocycles. The van der Waals surface area contributed by atoms with Crippen LogP contribution in [-0.2, 0) is 24.1 Å². The summed E-state index contributed by atoms with van der Waals surface area (Å²) in [5.41, 5.74) is 3.11. The van der Waals surface area contributed by atoms with E-state index in [-0.39, 0.29) is 11.8 Å². The van der Waals surface area contributed by atoms with Crippen molar-refractivity contribution >= 4 is 56.9 Å². The van der Waals surface area contributed by atoms with Gasteiger partial charge >= 0.3 is 5.97 Å². The zero-order valence-electron chi connectivity index (χ0n) is 17.4. The molecule has 6 nitrogen and oxygen atoms in total. The molecular formula is C22H22ClFN4O2S2. The van der Waals surface area contributed by atoms with Gasteiger partial charge in [-0.3, -0.25) is 4.68 Å². The lowest BCUT2D eigenvalue weighted by atomic mass is 9.95.